The van der Waals surface area contributed by atoms with Gasteiger partial charge in [-0.3, -0.25) is 9.59 Å². The van der Waals surface area contributed by atoms with E-state index in [1.807, 2.05) is 48.5 Å². The Kier molecular flexibility index (Phi) is 7.83. The van der Waals surface area contributed by atoms with E-state index in [0.29, 0.717) is 0 Å². The number of carbonyl (C=O) groups excluding carboxylic acids is 2. The molecule has 2 amide bonds. The number of carbonyl (C=O) groups is 3. The molecule has 8 nitrogen and oxygen atoms in total. The lowest BCUT2D eigenvalue weighted by atomic mass is 9.98. The Morgan fingerprint density at radius 3 is 2.15 bits per heavy atom. The van der Waals surface area contributed by atoms with Gasteiger partial charge in [0.2, 0.25) is 12.3 Å². The van der Waals surface area contributed by atoms with Gasteiger partial charge in [-0.25, -0.2) is 13.6 Å². The first-order chi connectivity index (χ1) is 16.1. The maximum atomic E-state index is 13.0. The van der Waals surface area contributed by atoms with Crippen LogP contribution in [0.2, 0.25) is 0 Å². The molecular formula is C24H26F2N2O6. The van der Waals surface area contributed by atoms with Crippen molar-refractivity contribution < 1.29 is 38.1 Å². The van der Waals surface area contributed by atoms with E-state index >= 15 is 0 Å². The van der Waals surface area contributed by atoms with Crippen molar-refractivity contribution >= 4 is 18.0 Å². The molecular weight excluding hydrogens is 450 g/mol. The molecule has 0 fully saturated rings. The number of fused-ring (bicyclic) bond motifs is 3. The zero-order valence-electron chi connectivity index (χ0n) is 18.5. The fraction of sp³-hybridized carbons (Fsp3) is 0.375. The van der Waals surface area contributed by atoms with Crippen LogP contribution in [-0.2, 0) is 14.3 Å². The molecule has 0 heterocycles. The van der Waals surface area contributed by atoms with E-state index in [0.717, 1.165) is 22.3 Å². The second-order valence-electron chi connectivity index (χ2n) is 8.43. The average Bonchev–Trinajstić information content (AvgIpc) is 3.08. The molecule has 0 aromatic heterocycles. The molecule has 34 heavy (non-hydrogen) atoms. The highest BCUT2D eigenvalue weighted by Crippen LogP contribution is 2.44. The number of hydrogen-bond donors (Lipinski definition) is 4. The number of aliphatic carboxylic acids is 1. The number of amides is 2. The number of ether oxygens (including phenoxy) is 1. The molecule has 0 bridgehead atoms. The first-order valence-corrected chi connectivity index (χ1v) is 10.7. The molecule has 0 radical (unpaired) electrons. The van der Waals surface area contributed by atoms with Gasteiger partial charge in [-0.15, -0.1) is 0 Å². The van der Waals surface area contributed by atoms with Crippen molar-refractivity contribution in [1.29, 1.82) is 0 Å². The van der Waals surface area contributed by atoms with Crippen LogP contribution >= 0.6 is 0 Å². The van der Waals surface area contributed by atoms with Crippen LogP contribution in [0.3, 0.4) is 0 Å². The standard InChI is InChI=1S/C24H26F2N2O6/c1-24(33,11-21(29)30)13-27-22(31)19(10-20(25)26)28-23(32)34-12-18-16-8-4-2-6-14(16)15-7-3-5-9-17(15)18/h2-9,18-20,33H,10-13H2,1H3,(H,27,31)(H,28,32)(H,29,30). The third-order valence-electron chi connectivity index (χ3n) is 5.54. The number of alkyl halides is 2. The normalized spacial score (nSPS) is 15.1. The van der Waals surface area contributed by atoms with E-state index in [9.17, 15) is 28.3 Å². The summed E-state index contributed by atoms with van der Waals surface area (Å²) in [6, 6.07) is 13.7. The van der Waals surface area contributed by atoms with Gasteiger partial charge in [0.25, 0.3) is 0 Å². The zero-order valence-corrected chi connectivity index (χ0v) is 18.5. The molecule has 3 rings (SSSR count). The van der Waals surface area contributed by atoms with Crippen LogP contribution in [0, 0.1) is 0 Å². The van der Waals surface area contributed by atoms with Gasteiger partial charge in [0.05, 0.1) is 12.0 Å². The number of nitrogens with one attached hydrogen (secondary N) is 2. The summed E-state index contributed by atoms with van der Waals surface area (Å²) in [7, 11) is 0. The van der Waals surface area contributed by atoms with Gasteiger partial charge in [0.15, 0.2) is 0 Å². The SMILES string of the molecule is CC(O)(CNC(=O)C(CC(F)F)NC(=O)OCC1c2ccccc2-c2ccccc21)CC(=O)O. The van der Waals surface area contributed by atoms with E-state index in [-0.39, 0.29) is 12.5 Å². The van der Waals surface area contributed by atoms with E-state index in [4.69, 9.17) is 9.84 Å². The largest absolute Gasteiger partial charge is 0.481 e. The van der Waals surface area contributed by atoms with Crippen LogP contribution in [0.25, 0.3) is 11.1 Å². The number of carboxylic acid groups (broad SMARTS) is 1. The van der Waals surface area contributed by atoms with Gasteiger partial charge < -0.3 is 25.6 Å². The van der Waals surface area contributed by atoms with Crippen LogP contribution in [0.15, 0.2) is 48.5 Å². The number of halogens is 2. The second-order valence-corrected chi connectivity index (χ2v) is 8.43. The van der Waals surface area contributed by atoms with Gasteiger partial charge in [-0.1, -0.05) is 48.5 Å². The summed E-state index contributed by atoms with van der Waals surface area (Å²) in [4.78, 5) is 35.5. The van der Waals surface area contributed by atoms with E-state index in [1.165, 1.54) is 6.92 Å². The maximum Gasteiger partial charge on any atom is 0.407 e. The first kappa shape index (κ1) is 25.1. The molecule has 2 atom stereocenters. The maximum absolute atomic E-state index is 13.0. The summed E-state index contributed by atoms with van der Waals surface area (Å²) in [6.07, 6.45) is -5.58. The number of hydrogen-bond acceptors (Lipinski definition) is 5. The zero-order chi connectivity index (χ0) is 24.9. The summed E-state index contributed by atoms with van der Waals surface area (Å²) >= 11 is 0. The lowest BCUT2D eigenvalue weighted by Crippen LogP contribution is -2.51. The molecule has 2 aromatic rings. The lowest BCUT2D eigenvalue weighted by molar-refractivity contribution is -0.142. The predicted octanol–water partition coefficient (Wildman–Crippen LogP) is 2.89. The Morgan fingerprint density at radius 2 is 1.62 bits per heavy atom. The Hall–Kier alpha value is -3.53. The van der Waals surface area contributed by atoms with E-state index in [1.54, 1.807) is 0 Å². The van der Waals surface area contributed by atoms with Gasteiger partial charge in [-0.05, 0) is 29.2 Å². The summed E-state index contributed by atoms with van der Waals surface area (Å²) in [6.45, 7) is 0.628. The molecule has 4 N–H and O–H groups in total. The average molecular weight is 476 g/mol. The van der Waals surface area contributed by atoms with Crippen molar-refractivity contribution in [3.63, 3.8) is 0 Å². The summed E-state index contributed by atoms with van der Waals surface area (Å²) < 4.78 is 31.3. The predicted molar refractivity (Wildman–Crippen MR) is 119 cm³/mol. The Bertz CT molecular complexity index is 1010. The first-order valence-electron chi connectivity index (χ1n) is 10.7. The highest BCUT2D eigenvalue weighted by Gasteiger charge is 2.31. The van der Waals surface area contributed by atoms with Gasteiger partial charge in [0.1, 0.15) is 12.6 Å². The van der Waals surface area contributed by atoms with E-state index in [2.05, 4.69) is 10.6 Å². The molecule has 2 unspecified atom stereocenters. The van der Waals surface area contributed by atoms with Gasteiger partial charge in [-0.2, -0.15) is 0 Å². The Balaban J connectivity index is 1.62. The van der Waals surface area contributed by atoms with Crippen molar-refractivity contribution in [2.24, 2.45) is 0 Å². The van der Waals surface area contributed by atoms with Crippen LogP contribution < -0.4 is 10.6 Å². The molecule has 0 saturated heterocycles. The molecule has 1 aliphatic rings. The second kappa shape index (κ2) is 10.6. The molecule has 182 valence electrons. The minimum atomic E-state index is -2.90. The topological polar surface area (TPSA) is 125 Å². The fourth-order valence-electron chi connectivity index (χ4n) is 3.98. The minimum absolute atomic E-state index is 0.0593. The molecule has 0 saturated carbocycles. The van der Waals surface area contributed by atoms with Crippen LogP contribution in [0.4, 0.5) is 13.6 Å². The number of aliphatic hydroxyl groups is 1. The van der Waals surface area contributed by atoms with Crippen molar-refractivity contribution in [3.8, 4) is 11.1 Å². The van der Waals surface area contributed by atoms with Crippen molar-refractivity contribution in [3.05, 3.63) is 59.7 Å². The molecule has 0 spiro atoms. The number of rotatable bonds is 10. The Morgan fingerprint density at radius 1 is 1.06 bits per heavy atom. The summed E-state index contributed by atoms with van der Waals surface area (Å²) in [5.41, 5.74) is 2.20. The third-order valence-corrected chi connectivity index (χ3v) is 5.54. The summed E-state index contributed by atoms with van der Waals surface area (Å²) in [5, 5.41) is 23.1. The molecule has 2 aromatic carbocycles. The monoisotopic (exact) mass is 476 g/mol. The molecule has 10 heteroatoms. The van der Waals surface area contributed by atoms with Gasteiger partial charge in [0, 0.05) is 18.9 Å². The smallest absolute Gasteiger partial charge is 0.407 e. The fourth-order valence-corrected chi connectivity index (χ4v) is 3.98. The van der Waals surface area contributed by atoms with Crippen molar-refractivity contribution in [2.75, 3.05) is 13.2 Å². The number of benzene rings is 2. The Labute approximate surface area is 194 Å². The highest BCUT2D eigenvalue weighted by molar-refractivity contribution is 5.86. The highest BCUT2D eigenvalue weighted by atomic mass is 19.3. The van der Waals surface area contributed by atoms with Crippen LogP contribution in [-0.4, -0.2) is 59.4 Å². The summed E-state index contributed by atoms with van der Waals surface area (Å²) in [5.74, 6) is -2.52. The number of carboxylic acids is 1. The third kappa shape index (κ3) is 6.28. The van der Waals surface area contributed by atoms with Gasteiger partial charge >= 0.3 is 12.1 Å². The van der Waals surface area contributed by atoms with Crippen molar-refractivity contribution in [2.45, 2.75) is 43.8 Å². The van der Waals surface area contributed by atoms with Crippen molar-refractivity contribution in [1.82, 2.24) is 10.6 Å². The number of alkyl carbamates (subject to hydrolysis) is 1. The van der Waals surface area contributed by atoms with Crippen LogP contribution in [0.5, 0.6) is 0 Å². The van der Waals surface area contributed by atoms with E-state index < -0.39 is 55.4 Å². The minimum Gasteiger partial charge on any atom is -0.481 e. The van der Waals surface area contributed by atoms with Crippen LogP contribution in [0.1, 0.15) is 36.8 Å². The molecule has 1 aliphatic carbocycles. The lowest BCUT2D eigenvalue weighted by Gasteiger charge is -2.24. The molecule has 0 aliphatic heterocycles. The quantitative estimate of drug-likeness (QED) is 0.418.